The maximum Gasteiger partial charge on any atom is 0.407 e. The van der Waals surface area contributed by atoms with E-state index in [1.807, 2.05) is 19.1 Å². The summed E-state index contributed by atoms with van der Waals surface area (Å²) in [7, 11) is -3.85. The molecule has 0 aliphatic heterocycles. The number of nitrogens with one attached hydrogen (secondary N) is 2. The third-order valence-corrected chi connectivity index (χ3v) is 8.71. The average Bonchev–Trinajstić information content (AvgIpc) is 3.34. The molecule has 1 aliphatic rings. The Kier molecular flexibility index (Phi) is 8.04. The molecule has 9 nitrogen and oxygen atoms in total. The highest BCUT2D eigenvalue weighted by Crippen LogP contribution is 2.36. The third kappa shape index (κ3) is 5.86. The van der Waals surface area contributed by atoms with Crippen LogP contribution in [0, 0.1) is 0 Å². The van der Waals surface area contributed by atoms with E-state index in [0.29, 0.717) is 46.2 Å². The van der Waals surface area contributed by atoms with Gasteiger partial charge < -0.3 is 15.4 Å². The lowest BCUT2D eigenvalue weighted by Crippen LogP contribution is -2.42. The molecule has 2 heterocycles. The van der Waals surface area contributed by atoms with Gasteiger partial charge in [-0.25, -0.2) is 27.2 Å². The highest BCUT2D eigenvalue weighted by Gasteiger charge is 2.26. The van der Waals surface area contributed by atoms with Gasteiger partial charge in [0.1, 0.15) is 0 Å². The second-order valence-corrected chi connectivity index (χ2v) is 11.8. The Bertz CT molecular complexity index is 1580. The molecule has 1 fully saturated rings. The van der Waals surface area contributed by atoms with Gasteiger partial charge in [-0.05, 0) is 50.3 Å². The molecule has 2 unspecified atom stereocenters. The number of alkyl carbamates (subject to hydrolysis) is 1. The van der Waals surface area contributed by atoms with Gasteiger partial charge in [0.05, 0.1) is 33.9 Å². The van der Waals surface area contributed by atoms with E-state index in [-0.39, 0.29) is 17.0 Å². The first kappa shape index (κ1) is 27.0. The van der Waals surface area contributed by atoms with Crippen LogP contribution in [0.2, 0.25) is 5.02 Å². The molecular formula is C28H30ClN5O4S. The Morgan fingerprint density at radius 2 is 1.85 bits per heavy atom. The van der Waals surface area contributed by atoms with Gasteiger partial charge >= 0.3 is 6.09 Å². The van der Waals surface area contributed by atoms with Crippen LogP contribution in [0.25, 0.3) is 22.2 Å². The summed E-state index contributed by atoms with van der Waals surface area (Å²) in [6.07, 6.45) is 6.88. The summed E-state index contributed by atoms with van der Waals surface area (Å²) in [5.74, 6) is 0.386. The lowest BCUT2D eigenvalue weighted by atomic mass is 9.91. The fourth-order valence-electron chi connectivity index (χ4n) is 4.91. The van der Waals surface area contributed by atoms with E-state index in [0.717, 1.165) is 25.7 Å². The molecular weight excluding hydrogens is 538 g/mol. The molecule has 2 aromatic carbocycles. The number of fused-ring (bicyclic) bond motifs is 1. The van der Waals surface area contributed by atoms with Gasteiger partial charge in [-0.3, -0.25) is 0 Å². The van der Waals surface area contributed by atoms with Crippen molar-refractivity contribution in [1.29, 1.82) is 0 Å². The molecule has 2 aromatic heterocycles. The number of amides is 1. The van der Waals surface area contributed by atoms with Gasteiger partial charge in [0.15, 0.2) is 0 Å². The summed E-state index contributed by atoms with van der Waals surface area (Å²) in [4.78, 5) is 21.3. The van der Waals surface area contributed by atoms with Crippen molar-refractivity contribution >= 4 is 44.6 Å². The largest absolute Gasteiger partial charge is 0.450 e. The zero-order valence-corrected chi connectivity index (χ0v) is 23.1. The first-order chi connectivity index (χ1) is 18.9. The molecule has 39 heavy (non-hydrogen) atoms. The van der Waals surface area contributed by atoms with Gasteiger partial charge in [-0.1, -0.05) is 54.9 Å². The number of rotatable bonds is 8. The van der Waals surface area contributed by atoms with E-state index in [2.05, 4.69) is 15.6 Å². The molecule has 2 atom stereocenters. The SMILES string of the molecule is CCCOC(=O)NC1CCCC(Nc2ncc(Cl)c(-c3cn(S(=O)(=O)c4ccccc4)c4ccccc34)n2)C1. The summed E-state index contributed by atoms with van der Waals surface area (Å²) in [5, 5.41) is 7.33. The number of benzene rings is 2. The van der Waals surface area contributed by atoms with E-state index in [1.165, 1.54) is 10.2 Å². The van der Waals surface area contributed by atoms with Crippen LogP contribution in [0.3, 0.4) is 0 Å². The summed E-state index contributed by atoms with van der Waals surface area (Å²) in [5.41, 5.74) is 1.54. The van der Waals surface area contributed by atoms with Crippen molar-refractivity contribution in [3.05, 3.63) is 72.0 Å². The van der Waals surface area contributed by atoms with Crippen LogP contribution in [-0.2, 0) is 14.8 Å². The van der Waals surface area contributed by atoms with Crippen molar-refractivity contribution in [2.75, 3.05) is 11.9 Å². The van der Waals surface area contributed by atoms with Crippen molar-refractivity contribution in [2.45, 2.75) is 56.0 Å². The monoisotopic (exact) mass is 567 g/mol. The fourth-order valence-corrected chi connectivity index (χ4v) is 6.49. The van der Waals surface area contributed by atoms with E-state index in [4.69, 9.17) is 21.3 Å². The number of para-hydroxylation sites is 1. The number of carbonyl (C=O) groups excluding carboxylic acids is 1. The predicted octanol–water partition coefficient (Wildman–Crippen LogP) is 5.85. The molecule has 2 N–H and O–H groups in total. The third-order valence-electron chi connectivity index (χ3n) is 6.74. The lowest BCUT2D eigenvalue weighted by Gasteiger charge is -2.30. The number of hydrogen-bond acceptors (Lipinski definition) is 7. The first-order valence-electron chi connectivity index (χ1n) is 13.0. The van der Waals surface area contributed by atoms with Crippen molar-refractivity contribution < 1.29 is 17.9 Å². The van der Waals surface area contributed by atoms with Gasteiger partial charge in [-0.2, -0.15) is 0 Å². The Morgan fingerprint density at radius 1 is 1.10 bits per heavy atom. The second kappa shape index (κ2) is 11.6. The maximum atomic E-state index is 13.5. The molecule has 1 amide bonds. The minimum absolute atomic E-state index is 0.00598. The Hall–Kier alpha value is -3.63. The topological polar surface area (TPSA) is 115 Å². The van der Waals surface area contributed by atoms with Crippen LogP contribution in [0.5, 0.6) is 0 Å². The van der Waals surface area contributed by atoms with Gasteiger partial charge in [-0.15, -0.1) is 0 Å². The van der Waals surface area contributed by atoms with Crippen molar-refractivity contribution in [1.82, 2.24) is 19.3 Å². The Morgan fingerprint density at radius 3 is 2.64 bits per heavy atom. The number of nitrogens with zero attached hydrogens (tertiary/aromatic N) is 3. The molecule has 1 aliphatic carbocycles. The molecule has 204 valence electrons. The van der Waals surface area contributed by atoms with Crippen LogP contribution in [-0.4, -0.2) is 47.1 Å². The Labute approximate surface area is 232 Å². The quantitative estimate of drug-likeness (QED) is 0.274. The second-order valence-electron chi connectivity index (χ2n) is 9.55. The van der Waals surface area contributed by atoms with Crippen LogP contribution in [0.15, 0.2) is 71.9 Å². The van der Waals surface area contributed by atoms with Crippen LogP contribution in [0.1, 0.15) is 39.0 Å². The molecule has 0 spiro atoms. The average molecular weight is 568 g/mol. The van der Waals surface area contributed by atoms with Gasteiger partial charge in [0, 0.05) is 29.2 Å². The highest BCUT2D eigenvalue weighted by atomic mass is 35.5. The minimum atomic E-state index is -3.85. The van der Waals surface area contributed by atoms with Crippen LogP contribution in [0.4, 0.5) is 10.7 Å². The van der Waals surface area contributed by atoms with Crippen molar-refractivity contribution in [3.8, 4) is 11.3 Å². The zero-order chi connectivity index (χ0) is 27.4. The fraction of sp³-hybridized carbons (Fsp3) is 0.321. The number of carbonyl (C=O) groups is 1. The summed E-state index contributed by atoms with van der Waals surface area (Å²) in [6.45, 7) is 2.35. The van der Waals surface area contributed by atoms with Crippen molar-refractivity contribution in [3.63, 3.8) is 0 Å². The van der Waals surface area contributed by atoms with Crippen LogP contribution >= 0.6 is 11.6 Å². The molecule has 0 bridgehead atoms. The number of ether oxygens (including phenoxy) is 1. The number of anilines is 1. The molecule has 5 rings (SSSR count). The lowest BCUT2D eigenvalue weighted by molar-refractivity contribution is 0.139. The smallest absolute Gasteiger partial charge is 0.407 e. The molecule has 0 saturated heterocycles. The number of hydrogen-bond donors (Lipinski definition) is 2. The normalized spacial score (nSPS) is 17.6. The first-order valence-corrected chi connectivity index (χ1v) is 14.8. The molecule has 0 radical (unpaired) electrons. The van der Waals surface area contributed by atoms with E-state index in [9.17, 15) is 13.2 Å². The number of aromatic nitrogens is 3. The summed E-state index contributed by atoms with van der Waals surface area (Å²) in [6, 6.07) is 15.6. The maximum absolute atomic E-state index is 13.5. The summed E-state index contributed by atoms with van der Waals surface area (Å²) < 4.78 is 33.5. The molecule has 4 aromatic rings. The molecule has 11 heteroatoms. The number of halogens is 1. The highest BCUT2D eigenvalue weighted by molar-refractivity contribution is 7.90. The predicted molar refractivity (Wildman–Crippen MR) is 151 cm³/mol. The standard InChI is InChI=1S/C28H30ClN5O4S/c1-2-15-38-28(35)32-20-10-8-9-19(16-20)31-27-30-17-24(29)26(33-27)23-18-34(25-14-7-6-13-22(23)25)39(36,37)21-11-4-3-5-12-21/h3-7,11-14,17-20H,2,8-10,15-16H2,1H3,(H,32,35)(H,30,31,33). The van der Waals surface area contributed by atoms with Crippen LogP contribution < -0.4 is 10.6 Å². The summed E-state index contributed by atoms with van der Waals surface area (Å²) >= 11 is 6.56. The Balaban J connectivity index is 1.43. The molecule has 1 saturated carbocycles. The van der Waals surface area contributed by atoms with E-state index >= 15 is 0 Å². The van der Waals surface area contributed by atoms with Gasteiger partial charge in [0.25, 0.3) is 10.0 Å². The minimum Gasteiger partial charge on any atom is -0.450 e. The van der Waals surface area contributed by atoms with Crippen molar-refractivity contribution in [2.24, 2.45) is 0 Å². The van der Waals surface area contributed by atoms with E-state index in [1.54, 1.807) is 48.7 Å². The van der Waals surface area contributed by atoms with Gasteiger partial charge in [0.2, 0.25) is 5.95 Å². The zero-order valence-electron chi connectivity index (χ0n) is 21.5. The van der Waals surface area contributed by atoms with E-state index < -0.39 is 16.1 Å².